The normalized spacial score (nSPS) is 9.57. The fraction of sp³-hybridized carbons (Fsp3) is 0.400. The molecule has 1 amide bonds. The van der Waals surface area contributed by atoms with Crippen LogP contribution in [-0.4, -0.2) is 36.5 Å². The highest BCUT2D eigenvalue weighted by molar-refractivity contribution is 5.75. The topological polar surface area (TPSA) is 42.4 Å². The molecular weight excluding hydrogens is 180 g/mol. The average molecular weight is 194 g/mol. The fourth-order valence-electron chi connectivity index (χ4n) is 0.912. The van der Waals surface area contributed by atoms with E-state index in [2.05, 4.69) is 4.98 Å². The van der Waals surface area contributed by atoms with E-state index in [0.717, 1.165) is 0 Å². The first-order chi connectivity index (χ1) is 6.70. The summed E-state index contributed by atoms with van der Waals surface area (Å²) in [4.78, 5) is 16.6. The molecule has 0 saturated heterocycles. The summed E-state index contributed by atoms with van der Waals surface area (Å²) in [5, 5.41) is 0. The average Bonchev–Trinajstić information content (AvgIpc) is 2.19. The minimum Gasteiger partial charge on any atom is -0.491 e. The van der Waals surface area contributed by atoms with Gasteiger partial charge in [0.2, 0.25) is 5.91 Å². The van der Waals surface area contributed by atoms with Gasteiger partial charge >= 0.3 is 0 Å². The van der Waals surface area contributed by atoms with Crippen molar-refractivity contribution in [1.29, 1.82) is 0 Å². The zero-order chi connectivity index (χ0) is 10.4. The molecule has 76 valence electrons. The maximum atomic E-state index is 11.2. The number of amides is 1. The molecular formula is C10H14N2O2. The Morgan fingerprint density at radius 1 is 1.57 bits per heavy atom. The molecule has 1 rings (SSSR count). The minimum atomic E-state index is 0.0638. The van der Waals surface area contributed by atoms with Crippen LogP contribution in [0.5, 0.6) is 5.75 Å². The third-order valence-corrected chi connectivity index (χ3v) is 1.72. The molecule has 0 aliphatic heterocycles. The summed E-state index contributed by atoms with van der Waals surface area (Å²) < 4.78 is 5.32. The van der Waals surface area contributed by atoms with Crippen LogP contribution in [-0.2, 0) is 4.79 Å². The lowest BCUT2D eigenvalue weighted by Gasteiger charge is -2.10. The number of ether oxygens (including phenoxy) is 1. The number of carbonyl (C=O) groups is 1. The molecule has 1 heterocycles. The molecule has 0 radical (unpaired) electrons. The van der Waals surface area contributed by atoms with Gasteiger partial charge in [0, 0.05) is 20.3 Å². The van der Waals surface area contributed by atoms with Gasteiger partial charge in [0.25, 0.3) is 0 Å². The summed E-state index contributed by atoms with van der Waals surface area (Å²) in [6.45, 7) is 0.392. The van der Waals surface area contributed by atoms with Crippen LogP contribution in [0.3, 0.4) is 0 Å². The predicted octanol–water partition coefficient (Wildman–Crippen LogP) is 0.939. The zero-order valence-corrected chi connectivity index (χ0v) is 8.43. The molecule has 0 aromatic carbocycles. The van der Waals surface area contributed by atoms with Crippen LogP contribution in [0.1, 0.15) is 6.42 Å². The van der Waals surface area contributed by atoms with Crippen molar-refractivity contribution >= 4 is 5.91 Å². The van der Waals surface area contributed by atoms with Gasteiger partial charge in [-0.1, -0.05) is 0 Å². The highest BCUT2D eigenvalue weighted by Crippen LogP contribution is 2.06. The molecule has 0 spiro atoms. The monoisotopic (exact) mass is 194 g/mol. The molecule has 0 bridgehead atoms. The molecule has 0 atom stereocenters. The first-order valence-corrected chi connectivity index (χ1v) is 4.43. The Morgan fingerprint density at radius 3 is 2.93 bits per heavy atom. The molecule has 14 heavy (non-hydrogen) atoms. The Labute approximate surface area is 83.5 Å². The smallest absolute Gasteiger partial charge is 0.225 e. The summed E-state index contributed by atoms with van der Waals surface area (Å²) in [6, 6.07) is 3.61. The van der Waals surface area contributed by atoms with Gasteiger partial charge in [-0.2, -0.15) is 0 Å². The van der Waals surface area contributed by atoms with E-state index < -0.39 is 0 Å². The first kappa shape index (κ1) is 10.5. The molecule has 0 aliphatic rings. The van der Waals surface area contributed by atoms with Crippen LogP contribution < -0.4 is 4.74 Å². The number of nitrogens with zero attached hydrogens (tertiary/aromatic N) is 2. The summed E-state index contributed by atoms with van der Waals surface area (Å²) in [5.41, 5.74) is 0. The van der Waals surface area contributed by atoms with E-state index in [4.69, 9.17) is 4.74 Å². The van der Waals surface area contributed by atoms with Crippen LogP contribution in [0.25, 0.3) is 0 Å². The van der Waals surface area contributed by atoms with Crippen LogP contribution in [0.4, 0.5) is 0 Å². The van der Waals surface area contributed by atoms with E-state index in [9.17, 15) is 4.79 Å². The fourth-order valence-corrected chi connectivity index (χ4v) is 0.912. The van der Waals surface area contributed by atoms with Crippen molar-refractivity contribution in [2.24, 2.45) is 0 Å². The lowest BCUT2D eigenvalue weighted by atomic mass is 10.4. The second-order valence-corrected chi connectivity index (χ2v) is 3.08. The van der Waals surface area contributed by atoms with Gasteiger partial charge < -0.3 is 9.64 Å². The number of rotatable bonds is 4. The molecule has 0 saturated carbocycles. The van der Waals surface area contributed by atoms with E-state index in [1.165, 1.54) is 0 Å². The second kappa shape index (κ2) is 5.21. The highest BCUT2D eigenvalue weighted by atomic mass is 16.5. The summed E-state index contributed by atoms with van der Waals surface area (Å²) in [7, 11) is 3.46. The molecule has 0 fully saturated rings. The number of hydrogen-bond acceptors (Lipinski definition) is 3. The van der Waals surface area contributed by atoms with Crippen molar-refractivity contribution in [2.45, 2.75) is 6.42 Å². The first-order valence-electron chi connectivity index (χ1n) is 4.43. The van der Waals surface area contributed by atoms with Gasteiger partial charge in [-0.05, 0) is 12.1 Å². The largest absolute Gasteiger partial charge is 0.491 e. The molecule has 0 aliphatic carbocycles. The van der Waals surface area contributed by atoms with E-state index >= 15 is 0 Å². The van der Waals surface area contributed by atoms with Crippen molar-refractivity contribution in [3.63, 3.8) is 0 Å². The van der Waals surface area contributed by atoms with Crippen molar-refractivity contribution in [2.75, 3.05) is 20.7 Å². The molecule has 0 unspecified atom stereocenters. The van der Waals surface area contributed by atoms with Crippen LogP contribution in [0.15, 0.2) is 24.5 Å². The van der Waals surface area contributed by atoms with Gasteiger partial charge in [0.05, 0.1) is 19.2 Å². The minimum absolute atomic E-state index is 0.0638. The van der Waals surface area contributed by atoms with Crippen LogP contribution in [0.2, 0.25) is 0 Å². The van der Waals surface area contributed by atoms with Gasteiger partial charge in [-0.15, -0.1) is 0 Å². The number of aromatic nitrogens is 1. The predicted molar refractivity (Wildman–Crippen MR) is 53.0 cm³/mol. The summed E-state index contributed by atoms with van der Waals surface area (Å²) in [6.07, 6.45) is 3.69. The zero-order valence-electron chi connectivity index (χ0n) is 8.43. The molecule has 4 heteroatoms. The summed E-state index contributed by atoms with van der Waals surface area (Å²) in [5.74, 6) is 0.757. The molecule has 1 aromatic heterocycles. The van der Waals surface area contributed by atoms with Gasteiger partial charge in [-0.3, -0.25) is 9.78 Å². The number of carbonyl (C=O) groups excluding carboxylic acids is 1. The van der Waals surface area contributed by atoms with E-state index in [1.54, 1.807) is 37.5 Å². The van der Waals surface area contributed by atoms with E-state index in [-0.39, 0.29) is 5.91 Å². The molecule has 1 aromatic rings. The van der Waals surface area contributed by atoms with Gasteiger partial charge in [-0.25, -0.2) is 0 Å². The van der Waals surface area contributed by atoms with Crippen molar-refractivity contribution in [3.05, 3.63) is 24.5 Å². The van der Waals surface area contributed by atoms with Crippen molar-refractivity contribution < 1.29 is 9.53 Å². The van der Waals surface area contributed by atoms with Crippen LogP contribution >= 0.6 is 0 Å². The lowest BCUT2D eigenvalue weighted by Crippen LogP contribution is -2.23. The maximum Gasteiger partial charge on any atom is 0.225 e. The third kappa shape index (κ3) is 3.43. The third-order valence-electron chi connectivity index (χ3n) is 1.72. The lowest BCUT2D eigenvalue weighted by molar-refractivity contribution is -0.129. The van der Waals surface area contributed by atoms with E-state index in [1.807, 2.05) is 6.07 Å². The van der Waals surface area contributed by atoms with Crippen molar-refractivity contribution in [1.82, 2.24) is 9.88 Å². The summed E-state index contributed by atoms with van der Waals surface area (Å²) >= 11 is 0. The second-order valence-electron chi connectivity index (χ2n) is 3.08. The highest BCUT2D eigenvalue weighted by Gasteiger charge is 2.03. The Kier molecular flexibility index (Phi) is 3.91. The van der Waals surface area contributed by atoms with E-state index in [0.29, 0.717) is 18.8 Å². The van der Waals surface area contributed by atoms with Crippen molar-refractivity contribution in [3.8, 4) is 5.75 Å². The Hall–Kier alpha value is -1.58. The Balaban J connectivity index is 2.26. The van der Waals surface area contributed by atoms with Gasteiger partial charge in [0.15, 0.2) is 0 Å². The molecule has 0 N–H and O–H groups in total. The Bertz CT molecular complexity index is 285. The van der Waals surface area contributed by atoms with Gasteiger partial charge in [0.1, 0.15) is 5.75 Å². The van der Waals surface area contributed by atoms with Crippen LogP contribution in [0, 0.1) is 0 Å². The quantitative estimate of drug-likeness (QED) is 0.716. The Morgan fingerprint density at radius 2 is 2.36 bits per heavy atom. The number of hydrogen-bond donors (Lipinski definition) is 0. The molecule has 4 nitrogen and oxygen atoms in total. The number of pyridine rings is 1. The maximum absolute atomic E-state index is 11.2. The standard InChI is InChI=1S/C10H14N2O2/c1-12(2)10(13)5-7-14-9-4-3-6-11-8-9/h3-4,6,8H,5,7H2,1-2H3. The SMILES string of the molecule is CN(C)C(=O)CCOc1cccnc1.